The van der Waals surface area contributed by atoms with E-state index in [0.717, 1.165) is 0 Å². The van der Waals surface area contributed by atoms with Gasteiger partial charge in [-0.15, -0.1) is 10.5 Å². The van der Waals surface area contributed by atoms with E-state index in [9.17, 15) is 19.8 Å². The van der Waals surface area contributed by atoms with Crippen LogP contribution in [0.5, 0.6) is 11.5 Å². The minimum Gasteiger partial charge on any atom is -0.478 e. The predicted molar refractivity (Wildman–Crippen MR) is 78.3 cm³/mol. The molecule has 0 saturated heterocycles. The molecule has 2 aromatic carbocycles. The van der Waals surface area contributed by atoms with Crippen LogP contribution in [0.25, 0.3) is 11.1 Å². The largest absolute Gasteiger partial charge is 0.478 e. The molecule has 0 fully saturated rings. The first-order valence-corrected chi connectivity index (χ1v) is 6.36. The van der Waals surface area contributed by atoms with Crippen LogP contribution >= 0.6 is 0 Å². The molecule has 0 heterocycles. The number of nitriles is 2. The van der Waals surface area contributed by atoms with Gasteiger partial charge in [-0.1, -0.05) is 24.3 Å². The lowest BCUT2D eigenvalue weighted by atomic mass is 9.98. The number of benzene rings is 2. The van der Waals surface area contributed by atoms with Crippen molar-refractivity contribution in [1.82, 2.24) is 0 Å². The van der Waals surface area contributed by atoms with Crippen LogP contribution in [0.4, 0.5) is 0 Å². The van der Waals surface area contributed by atoms with Gasteiger partial charge in [0.05, 0.1) is 0 Å². The number of aromatic carboxylic acids is 2. The number of carbonyl (C=O) groups is 2. The highest BCUT2D eigenvalue weighted by Gasteiger charge is 2.23. The first kappa shape index (κ1) is 16.3. The fourth-order valence-electron chi connectivity index (χ4n) is 2.15. The molecular weight excluding hydrogens is 316 g/mol. The van der Waals surface area contributed by atoms with Gasteiger partial charge < -0.3 is 19.7 Å². The van der Waals surface area contributed by atoms with Crippen molar-refractivity contribution in [3.63, 3.8) is 0 Å². The second-order valence-electron chi connectivity index (χ2n) is 4.36. The van der Waals surface area contributed by atoms with Crippen LogP contribution in [-0.4, -0.2) is 22.2 Å². The fraction of sp³-hybridized carbons (Fsp3) is 0. The Hall–Kier alpha value is -4.04. The first-order valence-electron chi connectivity index (χ1n) is 6.36. The topological polar surface area (TPSA) is 141 Å². The lowest BCUT2D eigenvalue weighted by molar-refractivity contribution is 0.0683. The summed E-state index contributed by atoms with van der Waals surface area (Å²) < 4.78 is 9.51. The lowest BCUT2D eigenvalue weighted by Crippen LogP contribution is -2.04. The van der Waals surface area contributed by atoms with Gasteiger partial charge in [-0.3, -0.25) is 0 Å². The quantitative estimate of drug-likeness (QED) is 0.799. The molecule has 8 nitrogen and oxygen atoms in total. The van der Waals surface area contributed by atoms with Crippen LogP contribution in [-0.2, 0) is 0 Å². The average molecular weight is 324 g/mol. The molecule has 8 heteroatoms. The Morgan fingerprint density at radius 3 is 1.46 bits per heavy atom. The summed E-state index contributed by atoms with van der Waals surface area (Å²) in [5.74, 6) is -3.23. The Balaban J connectivity index is 2.82. The van der Waals surface area contributed by atoms with Crippen molar-refractivity contribution in [3.05, 3.63) is 47.5 Å². The number of carboxylic acids is 2. The van der Waals surface area contributed by atoms with E-state index < -0.39 is 11.9 Å². The van der Waals surface area contributed by atoms with E-state index in [1.807, 2.05) is 0 Å². The highest BCUT2D eigenvalue weighted by atomic mass is 16.5. The monoisotopic (exact) mass is 324 g/mol. The molecule has 0 bridgehead atoms. The van der Waals surface area contributed by atoms with Crippen molar-refractivity contribution in [2.24, 2.45) is 0 Å². The smallest absolute Gasteiger partial charge is 0.339 e. The maximum atomic E-state index is 11.3. The Kier molecular flexibility index (Phi) is 4.64. The zero-order chi connectivity index (χ0) is 17.7. The molecule has 0 amide bonds. The zero-order valence-corrected chi connectivity index (χ0v) is 11.9. The van der Waals surface area contributed by atoms with Gasteiger partial charge in [-0.2, -0.15) is 0 Å². The standard InChI is InChI=1S/C16H8N2O6/c17-7-23-13-9(3-1-5-11(13)15(19)20)10-4-2-6-12(16(21)22)14(10)24-8-18/h1-6H,(H,19,20)(H,21,22). The predicted octanol–water partition coefficient (Wildman–Crippen LogP) is 2.47. The molecule has 2 aromatic rings. The SMILES string of the molecule is N#COc1c(C(=O)O)cccc1-c1cccc(C(=O)O)c1OC#N. The summed E-state index contributed by atoms with van der Waals surface area (Å²) in [6.07, 6.45) is 2.79. The van der Waals surface area contributed by atoms with Gasteiger partial charge in [0.15, 0.2) is 11.5 Å². The first-order chi connectivity index (χ1) is 11.5. The second kappa shape index (κ2) is 6.81. The van der Waals surface area contributed by atoms with Gasteiger partial charge in [0.1, 0.15) is 11.1 Å². The number of carboxylic acid groups (broad SMARTS) is 2. The number of para-hydroxylation sites is 2. The number of hydrogen-bond donors (Lipinski definition) is 2. The molecule has 24 heavy (non-hydrogen) atoms. The van der Waals surface area contributed by atoms with Crippen molar-refractivity contribution in [1.29, 1.82) is 10.5 Å². The van der Waals surface area contributed by atoms with Crippen molar-refractivity contribution in [2.75, 3.05) is 0 Å². The van der Waals surface area contributed by atoms with Crippen LogP contribution in [0.2, 0.25) is 0 Å². The van der Waals surface area contributed by atoms with Crippen LogP contribution in [0.1, 0.15) is 20.7 Å². The molecule has 0 aliphatic carbocycles. The van der Waals surface area contributed by atoms with Gasteiger partial charge in [0.25, 0.3) is 12.5 Å². The van der Waals surface area contributed by atoms with Crippen molar-refractivity contribution < 1.29 is 29.3 Å². The van der Waals surface area contributed by atoms with Gasteiger partial charge in [0.2, 0.25) is 0 Å². The minimum atomic E-state index is -1.33. The van der Waals surface area contributed by atoms with E-state index in [-0.39, 0.29) is 33.8 Å². The van der Waals surface area contributed by atoms with Gasteiger partial charge in [-0.05, 0) is 12.1 Å². The third-order valence-corrected chi connectivity index (χ3v) is 3.08. The highest BCUT2D eigenvalue weighted by molar-refractivity contribution is 5.98. The van der Waals surface area contributed by atoms with E-state index in [1.165, 1.54) is 48.9 Å². The molecule has 2 N–H and O–H groups in total. The maximum absolute atomic E-state index is 11.3. The number of nitrogens with zero attached hydrogens (tertiary/aromatic N) is 2. The minimum absolute atomic E-state index is 0.102. The van der Waals surface area contributed by atoms with E-state index >= 15 is 0 Å². The Morgan fingerprint density at radius 1 is 0.792 bits per heavy atom. The van der Waals surface area contributed by atoms with Crippen LogP contribution in [0, 0.1) is 23.0 Å². The molecule has 0 radical (unpaired) electrons. The number of ether oxygens (including phenoxy) is 2. The molecule has 0 saturated carbocycles. The third kappa shape index (κ3) is 2.93. The van der Waals surface area contributed by atoms with E-state index in [4.69, 9.17) is 20.0 Å². The van der Waals surface area contributed by atoms with E-state index in [0.29, 0.717) is 0 Å². The molecule has 0 unspecified atom stereocenters. The third-order valence-electron chi connectivity index (χ3n) is 3.08. The zero-order valence-electron chi connectivity index (χ0n) is 11.9. The highest BCUT2D eigenvalue weighted by Crippen LogP contribution is 2.40. The maximum Gasteiger partial charge on any atom is 0.339 e. The van der Waals surface area contributed by atoms with Gasteiger partial charge in [-0.25, -0.2) is 9.59 Å². The van der Waals surface area contributed by atoms with Crippen LogP contribution in [0.15, 0.2) is 36.4 Å². The van der Waals surface area contributed by atoms with Gasteiger partial charge >= 0.3 is 11.9 Å². The molecule has 0 spiro atoms. The average Bonchev–Trinajstić information content (AvgIpc) is 2.55. The second-order valence-corrected chi connectivity index (χ2v) is 4.36. The summed E-state index contributed by atoms with van der Waals surface area (Å²) in [6.45, 7) is 0. The van der Waals surface area contributed by atoms with Gasteiger partial charge in [0, 0.05) is 11.1 Å². The summed E-state index contributed by atoms with van der Waals surface area (Å²) >= 11 is 0. The van der Waals surface area contributed by atoms with Crippen LogP contribution < -0.4 is 9.47 Å². The molecule has 0 aromatic heterocycles. The molecule has 0 aliphatic rings. The van der Waals surface area contributed by atoms with Crippen molar-refractivity contribution in [3.8, 4) is 35.1 Å². The Morgan fingerprint density at radius 2 is 1.17 bits per heavy atom. The lowest BCUT2D eigenvalue weighted by Gasteiger charge is -2.13. The summed E-state index contributed by atoms with van der Waals surface area (Å²) in [4.78, 5) is 22.6. The Labute approximate surface area is 135 Å². The summed E-state index contributed by atoms with van der Waals surface area (Å²) in [5.41, 5.74) is -0.384. The molecule has 2 rings (SSSR count). The Bertz CT molecular complexity index is 832. The molecule has 118 valence electrons. The summed E-state index contributed by atoms with van der Waals surface area (Å²) in [6, 6.07) is 8.09. The molecule has 0 atom stereocenters. The van der Waals surface area contributed by atoms with E-state index in [1.54, 1.807) is 0 Å². The van der Waals surface area contributed by atoms with Crippen molar-refractivity contribution >= 4 is 11.9 Å². The molecule has 0 aliphatic heterocycles. The molecular formula is C16H8N2O6. The number of rotatable bonds is 5. The summed E-state index contributed by atoms with van der Waals surface area (Å²) in [5, 5.41) is 36.0. The van der Waals surface area contributed by atoms with Crippen LogP contribution in [0.3, 0.4) is 0 Å². The fourth-order valence-corrected chi connectivity index (χ4v) is 2.15. The normalized spacial score (nSPS) is 9.42. The van der Waals surface area contributed by atoms with E-state index in [2.05, 4.69) is 0 Å². The summed E-state index contributed by atoms with van der Waals surface area (Å²) in [7, 11) is 0. The van der Waals surface area contributed by atoms with Crippen molar-refractivity contribution in [2.45, 2.75) is 0 Å². The number of hydrogen-bond acceptors (Lipinski definition) is 6.